The number of ether oxygens (including phenoxy) is 1. The third kappa shape index (κ3) is 9.28. The zero-order valence-corrected chi connectivity index (χ0v) is 25.7. The molecule has 40 heavy (non-hydrogen) atoms. The fourth-order valence-electron chi connectivity index (χ4n) is 4.59. The number of aryl methyl sites for hydroxylation is 2. The maximum atomic E-state index is 14.5. The monoisotopic (exact) mass is 553 g/mol. The molecule has 0 aromatic heterocycles. The lowest BCUT2D eigenvalue weighted by Crippen LogP contribution is -2.57. The highest BCUT2D eigenvalue weighted by molar-refractivity contribution is 5.93. The molecule has 8 heteroatoms. The van der Waals surface area contributed by atoms with Gasteiger partial charge >= 0.3 is 6.09 Å². The number of carbonyl (C=O) groups excluding carboxylic acids is 3. The largest absolute Gasteiger partial charge is 0.508 e. The van der Waals surface area contributed by atoms with Gasteiger partial charge in [-0.05, 0) is 103 Å². The first-order valence-corrected chi connectivity index (χ1v) is 13.9. The highest BCUT2D eigenvalue weighted by Gasteiger charge is 2.40. The van der Waals surface area contributed by atoms with Crippen molar-refractivity contribution in [3.8, 4) is 5.75 Å². The number of rotatable bonds is 9. The number of carbonyl (C=O) groups is 3. The first-order chi connectivity index (χ1) is 18.4. The van der Waals surface area contributed by atoms with E-state index in [1.165, 1.54) is 12.1 Å². The van der Waals surface area contributed by atoms with Crippen LogP contribution in [0.5, 0.6) is 5.75 Å². The van der Waals surface area contributed by atoms with Crippen LogP contribution in [0.2, 0.25) is 0 Å². The number of alkyl carbamates (subject to hydrolysis) is 1. The molecule has 0 aliphatic carbocycles. The van der Waals surface area contributed by atoms with E-state index in [0.29, 0.717) is 6.42 Å². The van der Waals surface area contributed by atoms with Gasteiger partial charge in [0.15, 0.2) is 0 Å². The zero-order chi connectivity index (χ0) is 30.4. The molecule has 0 radical (unpaired) electrons. The van der Waals surface area contributed by atoms with Crippen LogP contribution in [0.15, 0.2) is 42.5 Å². The molecular formula is C32H47N3O5. The molecule has 3 N–H and O–H groups in total. The van der Waals surface area contributed by atoms with Crippen molar-refractivity contribution in [1.82, 2.24) is 15.5 Å². The van der Waals surface area contributed by atoms with Crippen molar-refractivity contribution in [2.45, 2.75) is 111 Å². The molecule has 0 saturated heterocycles. The molecule has 3 amide bonds. The van der Waals surface area contributed by atoms with Crippen LogP contribution in [0.1, 0.15) is 90.1 Å². The summed E-state index contributed by atoms with van der Waals surface area (Å²) >= 11 is 0. The number of hydrogen-bond donors (Lipinski definition) is 3. The van der Waals surface area contributed by atoms with Crippen LogP contribution in [0.4, 0.5) is 4.79 Å². The number of hydrogen-bond acceptors (Lipinski definition) is 5. The van der Waals surface area contributed by atoms with E-state index in [2.05, 4.69) is 10.6 Å². The van der Waals surface area contributed by atoms with E-state index < -0.39 is 35.2 Å². The van der Waals surface area contributed by atoms with E-state index in [1.54, 1.807) is 37.8 Å². The van der Waals surface area contributed by atoms with Crippen LogP contribution >= 0.6 is 0 Å². The zero-order valence-electron chi connectivity index (χ0n) is 25.7. The normalized spacial score (nSPS) is 14.1. The molecule has 0 heterocycles. The second kappa shape index (κ2) is 13.2. The molecule has 3 atom stereocenters. The van der Waals surface area contributed by atoms with Gasteiger partial charge in [-0.3, -0.25) is 9.59 Å². The van der Waals surface area contributed by atoms with E-state index in [4.69, 9.17) is 4.74 Å². The van der Waals surface area contributed by atoms with Gasteiger partial charge in [0.05, 0.1) is 0 Å². The van der Waals surface area contributed by atoms with Crippen molar-refractivity contribution in [3.05, 3.63) is 64.7 Å². The second-order valence-electron chi connectivity index (χ2n) is 12.5. The molecule has 220 valence electrons. The van der Waals surface area contributed by atoms with Crippen LogP contribution in [0.25, 0.3) is 0 Å². The van der Waals surface area contributed by atoms with Gasteiger partial charge in [-0.15, -0.1) is 0 Å². The van der Waals surface area contributed by atoms with Crippen molar-refractivity contribution in [2.75, 3.05) is 0 Å². The van der Waals surface area contributed by atoms with Crippen molar-refractivity contribution >= 4 is 17.9 Å². The molecule has 2 rings (SSSR count). The standard InChI is InChI=1S/C32H47N3O5/c1-11-22(4)35(27(28(37)34-31(5,6)7)26-20(2)13-12-14-21(26)3)29(38)25(33-30(39)40-32(8,9)10)19-23-15-17-24(36)18-16-23/h12-18,22,25,27,36H,11,19H2,1-10H3,(H,33,39)(H,34,37). The summed E-state index contributed by atoms with van der Waals surface area (Å²) in [5.74, 6) is -0.592. The number of phenols is 1. The predicted molar refractivity (Wildman–Crippen MR) is 158 cm³/mol. The first-order valence-electron chi connectivity index (χ1n) is 13.9. The van der Waals surface area contributed by atoms with Gasteiger partial charge < -0.3 is 25.4 Å². The summed E-state index contributed by atoms with van der Waals surface area (Å²) in [7, 11) is 0. The van der Waals surface area contributed by atoms with Crippen LogP contribution < -0.4 is 10.6 Å². The van der Waals surface area contributed by atoms with Crippen molar-refractivity contribution in [3.63, 3.8) is 0 Å². The molecular weight excluding hydrogens is 506 g/mol. The highest BCUT2D eigenvalue weighted by atomic mass is 16.6. The summed E-state index contributed by atoms with van der Waals surface area (Å²) in [6.07, 6.45) is 0.0106. The lowest BCUT2D eigenvalue weighted by Gasteiger charge is -2.40. The smallest absolute Gasteiger partial charge is 0.408 e. The Kier molecular flexibility index (Phi) is 10.8. The minimum atomic E-state index is -1.03. The Morgan fingerprint density at radius 3 is 1.98 bits per heavy atom. The summed E-state index contributed by atoms with van der Waals surface area (Å²) in [5, 5.41) is 15.6. The fourth-order valence-corrected chi connectivity index (χ4v) is 4.59. The Morgan fingerprint density at radius 2 is 1.50 bits per heavy atom. The molecule has 0 fully saturated rings. The van der Waals surface area contributed by atoms with Gasteiger partial charge in [-0.1, -0.05) is 37.3 Å². The summed E-state index contributed by atoms with van der Waals surface area (Å²) in [6.45, 7) is 18.7. The van der Waals surface area contributed by atoms with Gasteiger partial charge in [-0.2, -0.15) is 0 Å². The van der Waals surface area contributed by atoms with Crippen LogP contribution in [-0.2, 0) is 20.7 Å². The lowest BCUT2D eigenvalue weighted by atomic mass is 9.91. The third-order valence-electron chi connectivity index (χ3n) is 6.53. The number of benzene rings is 2. The Morgan fingerprint density at radius 1 is 0.950 bits per heavy atom. The van der Waals surface area contributed by atoms with Gasteiger partial charge in [0.1, 0.15) is 23.4 Å². The highest BCUT2D eigenvalue weighted by Crippen LogP contribution is 2.32. The quantitative estimate of drug-likeness (QED) is 0.368. The Hall–Kier alpha value is -3.55. The molecule has 0 spiro atoms. The molecule has 0 bridgehead atoms. The van der Waals surface area contributed by atoms with Crippen molar-refractivity contribution < 1.29 is 24.2 Å². The number of amides is 3. The molecule has 0 aliphatic rings. The first kappa shape index (κ1) is 32.7. The average Bonchev–Trinajstić information content (AvgIpc) is 2.81. The minimum absolute atomic E-state index is 0.0990. The van der Waals surface area contributed by atoms with E-state index in [9.17, 15) is 19.5 Å². The Balaban J connectivity index is 2.68. The second-order valence-corrected chi connectivity index (χ2v) is 12.5. The third-order valence-corrected chi connectivity index (χ3v) is 6.53. The summed E-state index contributed by atoms with van der Waals surface area (Å²) in [5.41, 5.74) is 1.99. The van der Waals surface area contributed by atoms with E-state index in [0.717, 1.165) is 22.3 Å². The van der Waals surface area contributed by atoms with Crippen LogP contribution in [0.3, 0.4) is 0 Å². The predicted octanol–water partition coefficient (Wildman–Crippen LogP) is 5.73. The van der Waals surface area contributed by atoms with Gasteiger partial charge in [0.25, 0.3) is 0 Å². The maximum Gasteiger partial charge on any atom is 0.408 e. The SMILES string of the molecule is CCC(C)N(C(=O)C(Cc1ccc(O)cc1)NC(=O)OC(C)(C)C)C(C(=O)NC(C)(C)C)c1c(C)cccc1C. The van der Waals surface area contributed by atoms with Crippen molar-refractivity contribution in [2.24, 2.45) is 0 Å². The van der Waals surface area contributed by atoms with E-state index in [1.807, 2.05) is 66.7 Å². The van der Waals surface area contributed by atoms with Gasteiger partial charge in [0.2, 0.25) is 11.8 Å². The summed E-state index contributed by atoms with van der Waals surface area (Å²) in [6, 6.07) is 10.0. The maximum absolute atomic E-state index is 14.5. The minimum Gasteiger partial charge on any atom is -0.508 e. The molecule has 2 aromatic carbocycles. The molecule has 2 aromatic rings. The summed E-state index contributed by atoms with van der Waals surface area (Å²) < 4.78 is 5.50. The average molecular weight is 554 g/mol. The molecule has 0 saturated carbocycles. The summed E-state index contributed by atoms with van der Waals surface area (Å²) in [4.78, 5) is 43.1. The van der Waals surface area contributed by atoms with E-state index >= 15 is 0 Å². The van der Waals surface area contributed by atoms with Crippen LogP contribution in [-0.4, -0.2) is 51.1 Å². The number of nitrogens with zero attached hydrogens (tertiary/aromatic N) is 1. The molecule has 3 unspecified atom stereocenters. The number of nitrogens with one attached hydrogen (secondary N) is 2. The van der Waals surface area contributed by atoms with Crippen molar-refractivity contribution in [1.29, 1.82) is 0 Å². The Bertz CT molecular complexity index is 1160. The van der Waals surface area contributed by atoms with Gasteiger partial charge in [0, 0.05) is 18.0 Å². The molecule has 0 aliphatic heterocycles. The lowest BCUT2D eigenvalue weighted by molar-refractivity contribution is -0.145. The Labute approximate surface area is 239 Å². The number of aromatic hydroxyl groups is 1. The van der Waals surface area contributed by atoms with Crippen LogP contribution in [0, 0.1) is 13.8 Å². The molecule has 8 nitrogen and oxygen atoms in total. The topological polar surface area (TPSA) is 108 Å². The van der Waals surface area contributed by atoms with Gasteiger partial charge in [-0.25, -0.2) is 4.79 Å². The number of phenolic OH excluding ortho intramolecular Hbond substituents is 1. The van der Waals surface area contributed by atoms with E-state index in [-0.39, 0.29) is 24.1 Å². The fraction of sp³-hybridized carbons (Fsp3) is 0.531.